The van der Waals surface area contributed by atoms with Crippen LogP contribution >= 0.6 is 0 Å². The average molecular weight is 219 g/mol. The summed E-state index contributed by atoms with van der Waals surface area (Å²) in [4.78, 5) is 8.17. The molecule has 1 heterocycles. The van der Waals surface area contributed by atoms with Crippen LogP contribution in [0.5, 0.6) is 0 Å². The number of rotatable bonds is 5. The maximum absolute atomic E-state index is 5.70. The van der Waals surface area contributed by atoms with Crippen molar-refractivity contribution in [2.75, 3.05) is 18.4 Å². The molecule has 0 saturated heterocycles. The van der Waals surface area contributed by atoms with Crippen LogP contribution in [-0.2, 0) is 0 Å². The highest BCUT2D eigenvalue weighted by molar-refractivity contribution is 5.78. The lowest BCUT2D eigenvalue weighted by molar-refractivity contribution is 0.878. The minimum Gasteiger partial charge on any atom is -0.383 e. The lowest BCUT2D eigenvalue weighted by Gasteiger charge is -2.05. The number of nitrogens with two attached hydrogens (primary N) is 1. The summed E-state index contributed by atoms with van der Waals surface area (Å²) in [6, 6.07) is 4.42. The summed E-state index contributed by atoms with van der Waals surface area (Å²) in [7, 11) is 0. The molecule has 1 saturated carbocycles. The first kappa shape index (κ1) is 10.7. The molecule has 0 bridgehead atoms. The zero-order valence-electron chi connectivity index (χ0n) is 9.19. The first-order valence-corrected chi connectivity index (χ1v) is 5.55. The minimum atomic E-state index is 0.555. The molecule has 0 aromatic carbocycles. The van der Waals surface area contributed by atoms with Gasteiger partial charge in [0.05, 0.1) is 6.54 Å². The van der Waals surface area contributed by atoms with Crippen LogP contribution in [0.15, 0.2) is 29.5 Å². The quantitative estimate of drug-likeness (QED) is 0.384. The third kappa shape index (κ3) is 3.76. The number of nitrogens with one attached hydrogen (secondary N) is 2. The lowest BCUT2D eigenvalue weighted by Crippen LogP contribution is -2.33. The largest absolute Gasteiger partial charge is 0.383 e. The number of guanidine groups is 1. The fraction of sp³-hybridized carbons (Fsp3) is 0.455. The van der Waals surface area contributed by atoms with E-state index in [9.17, 15) is 0 Å². The smallest absolute Gasteiger partial charge is 0.188 e. The molecule has 1 fully saturated rings. The van der Waals surface area contributed by atoms with Crippen molar-refractivity contribution < 1.29 is 0 Å². The second-order valence-electron chi connectivity index (χ2n) is 3.85. The third-order valence-corrected chi connectivity index (χ3v) is 2.33. The summed E-state index contributed by atoms with van der Waals surface area (Å²) in [5, 5.41) is 6.38. The molecule has 5 heteroatoms. The van der Waals surface area contributed by atoms with Crippen LogP contribution in [0.3, 0.4) is 0 Å². The summed E-state index contributed by atoms with van der Waals surface area (Å²) in [5.41, 5.74) is 6.75. The van der Waals surface area contributed by atoms with Gasteiger partial charge in [0.25, 0.3) is 0 Å². The molecule has 86 valence electrons. The Bertz CT molecular complexity index is 345. The molecule has 5 nitrogen and oxygen atoms in total. The Kier molecular flexibility index (Phi) is 3.58. The van der Waals surface area contributed by atoms with Gasteiger partial charge in [-0.3, -0.25) is 9.98 Å². The number of hydrogen-bond donors (Lipinski definition) is 3. The van der Waals surface area contributed by atoms with Crippen molar-refractivity contribution in [1.82, 2.24) is 10.3 Å². The van der Waals surface area contributed by atoms with Crippen molar-refractivity contribution in [3.63, 3.8) is 0 Å². The third-order valence-electron chi connectivity index (χ3n) is 2.33. The van der Waals surface area contributed by atoms with Gasteiger partial charge in [-0.1, -0.05) is 0 Å². The van der Waals surface area contributed by atoms with Gasteiger partial charge in [-0.25, -0.2) is 0 Å². The molecule has 1 aromatic rings. The van der Waals surface area contributed by atoms with Crippen molar-refractivity contribution in [3.8, 4) is 0 Å². The highest BCUT2D eigenvalue weighted by Crippen LogP contribution is 2.17. The Hall–Kier alpha value is -1.78. The molecule has 4 N–H and O–H groups in total. The molecule has 1 aliphatic rings. The maximum Gasteiger partial charge on any atom is 0.188 e. The average Bonchev–Trinajstić information content (AvgIpc) is 3.10. The molecular formula is C11H17N5. The molecule has 0 amide bonds. The number of pyridine rings is 1. The van der Waals surface area contributed by atoms with Crippen LogP contribution < -0.4 is 16.4 Å². The first-order valence-electron chi connectivity index (χ1n) is 5.55. The predicted octanol–water partition coefficient (Wildman–Crippen LogP) is 0.560. The monoisotopic (exact) mass is 219 g/mol. The Morgan fingerprint density at radius 2 is 2.19 bits per heavy atom. The van der Waals surface area contributed by atoms with Crippen molar-refractivity contribution in [3.05, 3.63) is 24.5 Å². The normalized spacial score (nSPS) is 15.9. The topological polar surface area (TPSA) is 75.3 Å². The minimum absolute atomic E-state index is 0.555. The van der Waals surface area contributed by atoms with Gasteiger partial charge >= 0.3 is 0 Å². The molecule has 1 aromatic heterocycles. The van der Waals surface area contributed by atoms with E-state index >= 15 is 0 Å². The van der Waals surface area contributed by atoms with Gasteiger partial charge in [0.15, 0.2) is 5.96 Å². The van der Waals surface area contributed by atoms with E-state index in [-0.39, 0.29) is 0 Å². The molecule has 0 unspecified atom stereocenters. The van der Waals surface area contributed by atoms with Gasteiger partial charge in [0.2, 0.25) is 0 Å². The van der Waals surface area contributed by atoms with Crippen LogP contribution in [-0.4, -0.2) is 30.1 Å². The van der Waals surface area contributed by atoms with Crippen LogP contribution in [0.25, 0.3) is 0 Å². The zero-order valence-corrected chi connectivity index (χ0v) is 9.19. The lowest BCUT2D eigenvalue weighted by atomic mass is 10.4. The van der Waals surface area contributed by atoms with Gasteiger partial charge in [0.1, 0.15) is 0 Å². The second-order valence-corrected chi connectivity index (χ2v) is 3.85. The van der Waals surface area contributed by atoms with E-state index in [1.807, 2.05) is 12.1 Å². The highest BCUT2D eigenvalue weighted by atomic mass is 15.1. The maximum atomic E-state index is 5.70. The summed E-state index contributed by atoms with van der Waals surface area (Å²) in [6.07, 6.45) is 5.94. The van der Waals surface area contributed by atoms with Gasteiger partial charge in [-0.2, -0.15) is 0 Å². The van der Waals surface area contributed by atoms with E-state index in [4.69, 9.17) is 5.73 Å². The molecule has 2 rings (SSSR count). The highest BCUT2D eigenvalue weighted by Gasteiger charge is 2.21. The summed E-state index contributed by atoms with van der Waals surface area (Å²) in [5.74, 6) is 0.555. The van der Waals surface area contributed by atoms with Gasteiger partial charge in [0, 0.05) is 30.7 Å². The number of aliphatic imine (C=N–C) groups is 1. The van der Waals surface area contributed by atoms with Crippen molar-refractivity contribution in [2.45, 2.75) is 18.9 Å². The molecule has 0 aliphatic heterocycles. The number of hydrogen-bond acceptors (Lipinski definition) is 3. The zero-order chi connectivity index (χ0) is 11.2. The molecule has 0 radical (unpaired) electrons. The molecule has 0 spiro atoms. The Balaban J connectivity index is 1.64. The Morgan fingerprint density at radius 3 is 2.88 bits per heavy atom. The standard InChI is InChI=1S/C11H17N5/c12-11(16-10-1-2-10)15-8-7-14-9-3-5-13-6-4-9/h3-6,10H,1-2,7-8H2,(H,13,14)(H3,12,15,16). The Labute approximate surface area is 95.2 Å². The predicted molar refractivity (Wildman–Crippen MR) is 65.4 cm³/mol. The summed E-state index contributed by atoms with van der Waals surface area (Å²) < 4.78 is 0. The number of anilines is 1. The molecule has 16 heavy (non-hydrogen) atoms. The first-order chi connectivity index (χ1) is 7.84. The molecular weight excluding hydrogens is 202 g/mol. The summed E-state index contributed by atoms with van der Waals surface area (Å²) in [6.45, 7) is 1.45. The van der Waals surface area contributed by atoms with Crippen molar-refractivity contribution in [1.29, 1.82) is 0 Å². The fourth-order valence-electron chi connectivity index (χ4n) is 1.33. The van der Waals surface area contributed by atoms with Crippen LogP contribution in [0.4, 0.5) is 5.69 Å². The van der Waals surface area contributed by atoms with Gasteiger partial charge < -0.3 is 16.4 Å². The Morgan fingerprint density at radius 1 is 1.44 bits per heavy atom. The van der Waals surface area contributed by atoms with E-state index in [2.05, 4.69) is 20.6 Å². The second kappa shape index (κ2) is 5.34. The molecule has 1 aliphatic carbocycles. The van der Waals surface area contributed by atoms with E-state index in [0.717, 1.165) is 12.2 Å². The van der Waals surface area contributed by atoms with E-state index in [0.29, 0.717) is 18.5 Å². The summed E-state index contributed by atoms with van der Waals surface area (Å²) >= 11 is 0. The van der Waals surface area contributed by atoms with Crippen LogP contribution in [0, 0.1) is 0 Å². The molecule has 0 atom stereocenters. The fourth-order valence-corrected chi connectivity index (χ4v) is 1.33. The van der Waals surface area contributed by atoms with E-state index < -0.39 is 0 Å². The number of aromatic nitrogens is 1. The SMILES string of the molecule is NC(=NCCNc1ccncc1)NC1CC1. The number of nitrogens with zero attached hydrogens (tertiary/aromatic N) is 2. The van der Waals surface area contributed by atoms with E-state index in [1.165, 1.54) is 12.8 Å². The van der Waals surface area contributed by atoms with Crippen molar-refractivity contribution in [2.24, 2.45) is 10.7 Å². The van der Waals surface area contributed by atoms with Gasteiger partial charge in [-0.15, -0.1) is 0 Å². The van der Waals surface area contributed by atoms with Crippen molar-refractivity contribution >= 4 is 11.6 Å². The van der Waals surface area contributed by atoms with Crippen LogP contribution in [0.1, 0.15) is 12.8 Å². The van der Waals surface area contributed by atoms with Gasteiger partial charge in [-0.05, 0) is 25.0 Å². The van der Waals surface area contributed by atoms with Crippen LogP contribution in [0.2, 0.25) is 0 Å². The van der Waals surface area contributed by atoms with E-state index in [1.54, 1.807) is 12.4 Å².